The summed E-state index contributed by atoms with van der Waals surface area (Å²) in [6, 6.07) is 12.3. The molecule has 2 aromatic rings. The number of esters is 1. The number of carbonyl (C=O) groups excluding carboxylic acids is 3. The van der Waals surface area contributed by atoms with Crippen molar-refractivity contribution in [3.8, 4) is 5.75 Å². The van der Waals surface area contributed by atoms with Gasteiger partial charge in [-0.05, 0) is 36.1 Å². The minimum atomic E-state index is -0.694. The fraction of sp³-hybridized carbons (Fsp3) is 0.348. The Kier molecular flexibility index (Phi) is 5.82. The molecule has 0 unspecified atom stereocenters. The molecule has 30 heavy (non-hydrogen) atoms. The molecule has 2 amide bonds. The lowest BCUT2D eigenvalue weighted by molar-refractivity contribution is -0.127. The SMILES string of the molecule is COC(=O)c1cccc(C(C)(C)C)c1NC(=O)CN1C(=O)[C@@H](C)Oc2ccccc21. The number of ether oxygens (including phenoxy) is 2. The normalized spacial score (nSPS) is 15.8. The predicted octanol–water partition coefficient (Wildman–Crippen LogP) is 3.52. The van der Waals surface area contributed by atoms with Crippen molar-refractivity contribution in [3.05, 3.63) is 53.6 Å². The molecule has 0 aromatic heterocycles. The standard InChI is InChI=1S/C23H26N2O5/c1-14-21(27)25(17-11-6-7-12-18(17)30-14)13-19(26)24-20-15(22(28)29-5)9-8-10-16(20)23(2,3)4/h6-12,14H,13H2,1-5H3,(H,24,26)/t14-/m1/s1. The number of nitrogens with zero attached hydrogens (tertiary/aromatic N) is 1. The average Bonchev–Trinajstić information content (AvgIpc) is 2.70. The van der Waals surface area contributed by atoms with Crippen LogP contribution in [-0.4, -0.2) is 37.5 Å². The van der Waals surface area contributed by atoms with Crippen LogP contribution in [0.3, 0.4) is 0 Å². The van der Waals surface area contributed by atoms with E-state index in [4.69, 9.17) is 9.47 Å². The fourth-order valence-electron chi connectivity index (χ4n) is 3.44. The van der Waals surface area contributed by atoms with E-state index in [1.807, 2.05) is 32.9 Å². The van der Waals surface area contributed by atoms with Crippen molar-refractivity contribution in [3.63, 3.8) is 0 Å². The van der Waals surface area contributed by atoms with Gasteiger partial charge < -0.3 is 14.8 Å². The van der Waals surface area contributed by atoms with Gasteiger partial charge in [0.05, 0.1) is 24.0 Å². The van der Waals surface area contributed by atoms with Crippen molar-refractivity contribution in [2.45, 2.75) is 39.2 Å². The van der Waals surface area contributed by atoms with Crippen molar-refractivity contribution < 1.29 is 23.9 Å². The number of nitrogens with one attached hydrogen (secondary N) is 1. The van der Waals surface area contributed by atoms with E-state index in [9.17, 15) is 14.4 Å². The first-order valence-corrected chi connectivity index (χ1v) is 9.72. The van der Waals surface area contributed by atoms with Gasteiger partial charge in [0.25, 0.3) is 5.91 Å². The van der Waals surface area contributed by atoms with E-state index in [1.165, 1.54) is 12.0 Å². The number of benzene rings is 2. The quantitative estimate of drug-likeness (QED) is 0.780. The molecule has 0 aliphatic carbocycles. The summed E-state index contributed by atoms with van der Waals surface area (Å²) in [5, 5.41) is 2.84. The number of para-hydroxylation sites is 3. The van der Waals surface area contributed by atoms with Crippen LogP contribution >= 0.6 is 0 Å². The second kappa shape index (κ2) is 8.18. The molecular formula is C23H26N2O5. The van der Waals surface area contributed by atoms with Crippen LogP contribution in [-0.2, 0) is 19.7 Å². The molecule has 0 saturated carbocycles. The summed E-state index contributed by atoms with van der Waals surface area (Å²) in [5.41, 5.74) is 1.65. The highest BCUT2D eigenvalue weighted by Crippen LogP contribution is 2.35. The van der Waals surface area contributed by atoms with Gasteiger partial charge in [0.1, 0.15) is 12.3 Å². The number of hydrogen-bond acceptors (Lipinski definition) is 5. The van der Waals surface area contributed by atoms with E-state index in [1.54, 1.807) is 37.3 Å². The molecule has 0 radical (unpaired) electrons. The summed E-state index contributed by atoms with van der Waals surface area (Å²) in [4.78, 5) is 39.3. The lowest BCUT2D eigenvalue weighted by Crippen LogP contribution is -2.47. The maximum atomic E-state index is 13.0. The predicted molar refractivity (Wildman–Crippen MR) is 114 cm³/mol. The first-order chi connectivity index (χ1) is 14.1. The molecule has 3 rings (SSSR count). The Hall–Kier alpha value is -3.35. The maximum Gasteiger partial charge on any atom is 0.339 e. The van der Waals surface area contributed by atoms with E-state index in [-0.39, 0.29) is 23.4 Å². The molecule has 0 saturated heterocycles. The molecule has 0 spiro atoms. The minimum absolute atomic E-state index is 0.206. The third-order valence-electron chi connectivity index (χ3n) is 4.92. The zero-order valence-corrected chi connectivity index (χ0v) is 17.8. The largest absolute Gasteiger partial charge is 0.479 e. The molecule has 158 valence electrons. The molecule has 1 aliphatic rings. The van der Waals surface area contributed by atoms with Crippen LogP contribution in [0.15, 0.2) is 42.5 Å². The Morgan fingerprint density at radius 2 is 1.83 bits per heavy atom. The summed E-state index contributed by atoms with van der Waals surface area (Å²) in [5.74, 6) is -0.726. The molecule has 1 atom stereocenters. The lowest BCUT2D eigenvalue weighted by Gasteiger charge is -2.32. The van der Waals surface area contributed by atoms with Gasteiger partial charge >= 0.3 is 5.97 Å². The van der Waals surface area contributed by atoms with Crippen LogP contribution in [0.25, 0.3) is 0 Å². The average molecular weight is 410 g/mol. The monoisotopic (exact) mass is 410 g/mol. The maximum absolute atomic E-state index is 13.0. The number of hydrogen-bond donors (Lipinski definition) is 1. The third kappa shape index (κ3) is 4.15. The Morgan fingerprint density at radius 1 is 1.13 bits per heavy atom. The van der Waals surface area contributed by atoms with Crippen LogP contribution in [0.5, 0.6) is 5.75 Å². The zero-order valence-electron chi connectivity index (χ0n) is 17.8. The van der Waals surface area contributed by atoms with Crippen LogP contribution in [0.4, 0.5) is 11.4 Å². The number of methoxy groups -OCH3 is 1. The van der Waals surface area contributed by atoms with Gasteiger partial charge in [-0.1, -0.05) is 45.0 Å². The second-order valence-corrected chi connectivity index (χ2v) is 8.17. The van der Waals surface area contributed by atoms with Gasteiger partial charge in [0.15, 0.2) is 6.10 Å². The van der Waals surface area contributed by atoms with E-state index in [0.29, 0.717) is 17.1 Å². The summed E-state index contributed by atoms with van der Waals surface area (Å²) in [7, 11) is 1.29. The summed E-state index contributed by atoms with van der Waals surface area (Å²) in [6.45, 7) is 7.41. The summed E-state index contributed by atoms with van der Waals surface area (Å²) >= 11 is 0. The first-order valence-electron chi connectivity index (χ1n) is 9.72. The Labute approximate surface area is 176 Å². The number of fused-ring (bicyclic) bond motifs is 1. The highest BCUT2D eigenvalue weighted by atomic mass is 16.5. The molecule has 1 heterocycles. The molecule has 7 nitrogen and oxygen atoms in total. The van der Waals surface area contributed by atoms with Gasteiger partial charge in [-0.15, -0.1) is 0 Å². The van der Waals surface area contributed by atoms with Gasteiger partial charge in [0, 0.05) is 0 Å². The minimum Gasteiger partial charge on any atom is -0.479 e. The van der Waals surface area contributed by atoms with Crippen LogP contribution < -0.4 is 15.0 Å². The van der Waals surface area contributed by atoms with E-state index in [0.717, 1.165) is 5.56 Å². The molecule has 2 aromatic carbocycles. The lowest BCUT2D eigenvalue weighted by atomic mass is 9.84. The first kappa shape index (κ1) is 21.4. The van der Waals surface area contributed by atoms with Crippen LogP contribution in [0.2, 0.25) is 0 Å². The molecule has 7 heteroatoms. The highest BCUT2D eigenvalue weighted by molar-refractivity contribution is 6.08. The van der Waals surface area contributed by atoms with Gasteiger partial charge in [-0.3, -0.25) is 14.5 Å². The number of amides is 2. The molecule has 1 N–H and O–H groups in total. The Morgan fingerprint density at radius 3 is 2.50 bits per heavy atom. The third-order valence-corrected chi connectivity index (χ3v) is 4.92. The highest BCUT2D eigenvalue weighted by Gasteiger charge is 2.33. The van der Waals surface area contributed by atoms with E-state index >= 15 is 0 Å². The van der Waals surface area contributed by atoms with Gasteiger partial charge in [-0.25, -0.2) is 4.79 Å². The summed E-state index contributed by atoms with van der Waals surface area (Å²) in [6.07, 6.45) is -0.694. The Balaban J connectivity index is 1.94. The van der Waals surface area contributed by atoms with Crippen LogP contribution in [0.1, 0.15) is 43.6 Å². The topological polar surface area (TPSA) is 84.9 Å². The van der Waals surface area contributed by atoms with Crippen molar-refractivity contribution in [2.24, 2.45) is 0 Å². The number of anilines is 2. The molecule has 0 bridgehead atoms. The second-order valence-electron chi connectivity index (χ2n) is 8.17. The Bertz CT molecular complexity index is 993. The molecule has 1 aliphatic heterocycles. The molecule has 0 fully saturated rings. The van der Waals surface area contributed by atoms with Gasteiger partial charge in [0.2, 0.25) is 5.91 Å². The smallest absolute Gasteiger partial charge is 0.339 e. The van der Waals surface area contributed by atoms with Gasteiger partial charge in [-0.2, -0.15) is 0 Å². The van der Waals surface area contributed by atoms with Crippen LogP contribution in [0, 0.1) is 0 Å². The molecular weight excluding hydrogens is 384 g/mol. The zero-order chi connectivity index (χ0) is 22.1. The van der Waals surface area contributed by atoms with Crippen molar-refractivity contribution in [1.29, 1.82) is 0 Å². The number of rotatable bonds is 4. The van der Waals surface area contributed by atoms with Crippen molar-refractivity contribution >= 4 is 29.2 Å². The van der Waals surface area contributed by atoms with Crippen molar-refractivity contribution in [1.82, 2.24) is 0 Å². The van der Waals surface area contributed by atoms with E-state index < -0.39 is 18.0 Å². The fourth-order valence-corrected chi connectivity index (χ4v) is 3.44. The van der Waals surface area contributed by atoms with Crippen molar-refractivity contribution in [2.75, 3.05) is 23.9 Å². The van der Waals surface area contributed by atoms with E-state index in [2.05, 4.69) is 5.32 Å². The number of carbonyl (C=O) groups is 3. The summed E-state index contributed by atoms with van der Waals surface area (Å²) < 4.78 is 10.5.